The molecule has 3 aliphatic rings. The van der Waals surface area contributed by atoms with E-state index in [1.165, 1.54) is 25.7 Å². The van der Waals surface area contributed by atoms with Crippen LogP contribution in [0.2, 0.25) is 0 Å². The lowest BCUT2D eigenvalue weighted by molar-refractivity contribution is -0.165. The molecule has 5 nitrogen and oxygen atoms in total. The molecule has 0 amide bonds. The Hall–Kier alpha value is -2.16. The Morgan fingerprint density at radius 3 is 2.78 bits per heavy atom. The van der Waals surface area contributed by atoms with Crippen LogP contribution in [-0.4, -0.2) is 28.6 Å². The molecule has 5 rings (SSSR count). The van der Waals surface area contributed by atoms with Gasteiger partial charge in [0, 0.05) is 37.3 Å². The van der Waals surface area contributed by atoms with Crippen molar-refractivity contribution in [3.63, 3.8) is 0 Å². The average molecular weight is 364 g/mol. The first kappa shape index (κ1) is 17.0. The van der Waals surface area contributed by atoms with Gasteiger partial charge in [-0.15, -0.1) is 0 Å². The summed E-state index contributed by atoms with van der Waals surface area (Å²) in [5.74, 6) is 7.49. The Morgan fingerprint density at radius 2 is 1.96 bits per heavy atom. The third-order valence-corrected chi connectivity index (χ3v) is 6.07. The van der Waals surface area contributed by atoms with E-state index in [1.54, 1.807) is 4.57 Å². The minimum absolute atomic E-state index is 0.0281. The van der Waals surface area contributed by atoms with Crippen molar-refractivity contribution >= 4 is 10.9 Å². The highest BCUT2D eigenvalue weighted by Crippen LogP contribution is 2.31. The monoisotopic (exact) mass is 364 g/mol. The molecule has 1 saturated carbocycles. The van der Waals surface area contributed by atoms with Gasteiger partial charge in [0.1, 0.15) is 5.82 Å². The van der Waals surface area contributed by atoms with Gasteiger partial charge in [0.05, 0.1) is 24.1 Å². The maximum atomic E-state index is 13.0. The van der Waals surface area contributed by atoms with E-state index in [1.807, 2.05) is 18.2 Å². The van der Waals surface area contributed by atoms with Gasteiger partial charge in [-0.1, -0.05) is 24.7 Å². The first-order valence-corrected chi connectivity index (χ1v) is 10.1. The van der Waals surface area contributed by atoms with Crippen molar-refractivity contribution in [2.45, 2.75) is 57.3 Å². The number of ether oxygens (including phenoxy) is 2. The fraction of sp³-hybridized carbons (Fsp3) is 0.545. The van der Waals surface area contributed by atoms with Crippen LogP contribution < -0.4 is 5.56 Å². The zero-order valence-corrected chi connectivity index (χ0v) is 15.5. The van der Waals surface area contributed by atoms with E-state index in [0.717, 1.165) is 23.3 Å². The van der Waals surface area contributed by atoms with Crippen molar-refractivity contribution in [3.8, 4) is 11.8 Å². The zero-order chi connectivity index (χ0) is 18.3. The van der Waals surface area contributed by atoms with E-state index in [4.69, 9.17) is 14.5 Å². The summed E-state index contributed by atoms with van der Waals surface area (Å²) in [6.07, 6.45) is 7.11. The van der Waals surface area contributed by atoms with Gasteiger partial charge in [0.2, 0.25) is 0 Å². The molecule has 2 aromatic rings. The molecule has 27 heavy (non-hydrogen) atoms. The molecular weight excluding hydrogens is 340 g/mol. The standard InChI is InChI=1S/C22H24N2O3/c25-21-18-8-7-17(6-5-16-3-1-2-4-16)15-19(18)23-20-9-10-22(11-12-24(20)21)26-13-14-27-22/h7-8,15-16H,1-4,9-14H2. The van der Waals surface area contributed by atoms with Crippen molar-refractivity contribution in [2.24, 2.45) is 5.92 Å². The number of fused-ring (bicyclic) bond motifs is 2. The molecule has 140 valence electrons. The number of benzene rings is 1. The third kappa shape index (κ3) is 3.18. The van der Waals surface area contributed by atoms with Gasteiger partial charge in [-0.05, 0) is 31.0 Å². The first-order chi connectivity index (χ1) is 13.2. The van der Waals surface area contributed by atoms with Crippen LogP contribution >= 0.6 is 0 Å². The number of hydrogen-bond donors (Lipinski definition) is 0. The lowest BCUT2D eigenvalue weighted by Crippen LogP contribution is -2.31. The molecule has 3 heterocycles. The molecule has 0 unspecified atom stereocenters. The Balaban J connectivity index is 1.49. The third-order valence-electron chi connectivity index (χ3n) is 6.07. The number of nitrogens with zero attached hydrogens (tertiary/aromatic N) is 2. The van der Waals surface area contributed by atoms with Gasteiger partial charge in [-0.3, -0.25) is 9.36 Å². The molecule has 1 aromatic carbocycles. The van der Waals surface area contributed by atoms with Crippen LogP contribution in [0.3, 0.4) is 0 Å². The predicted molar refractivity (Wildman–Crippen MR) is 102 cm³/mol. The normalized spacial score (nSPS) is 21.8. The summed E-state index contributed by atoms with van der Waals surface area (Å²) >= 11 is 0. The predicted octanol–water partition coefficient (Wildman–Crippen LogP) is 3.02. The van der Waals surface area contributed by atoms with E-state index in [0.29, 0.717) is 43.9 Å². The molecule has 1 aliphatic carbocycles. The number of rotatable bonds is 0. The Labute approximate surface area is 158 Å². The molecule has 2 aliphatic heterocycles. The van der Waals surface area contributed by atoms with Crippen LogP contribution in [0.1, 0.15) is 49.9 Å². The molecule has 0 N–H and O–H groups in total. The van der Waals surface area contributed by atoms with Gasteiger partial charge < -0.3 is 9.47 Å². The average Bonchev–Trinajstić information content (AvgIpc) is 3.33. The van der Waals surface area contributed by atoms with E-state index in [2.05, 4.69) is 11.8 Å². The highest BCUT2D eigenvalue weighted by Gasteiger charge is 2.38. The van der Waals surface area contributed by atoms with Crippen molar-refractivity contribution in [2.75, 3.05) is 13.2 Å². The topological polar surface area (TPSA) is 53.4 Å². The maximum absolute atomic E-state index is 13.0. The number of aryl methyl sites for hydroxylation is 1. The van der Waals surface area contributed by atoms with Crippen LogP contribution in [0, 0.1) is 17.8 Å². The number of hydrogen-bond acceptors (Lipinski definition) is 4. The van der Waals surface area contributed by atoms with Crippen molar-refractivity contribution in [1.82, 2.24) is 9.55 Å². The van der Waals surface area contributed by atoms with Crippen LogP contribution in [0.4, 0.5) is 0 Å². The molecule has 0 radical (unpaired) electrons. The van der Waals surface area contributed by atoms with Crippen LogP contribution in [0.5, 0.6) is 0 Å². The maximum Gasteiger partial charge on any atom is 0.261 e. The highest BCUT2D eigenvalue weighted by atomic mass is 16.7. The highest BCUT2D eigenvalue weighted by molar-refractivity contribution is 5.79. The summed E-state index contributed by atoms with van der Waals surface area (Å²) in [7, 11) is 0. The minimum atomic E-state index is -0.537. The molecule has 0 bridgehead atoms. The lowest BCUT2D eigenvalue weighted by atomic mass is 10.1. The van der Waals surface area contributed by atoms with E-state index >= 15 is 0 Å². The SMILES string of the molecule is O=c1c2ccc(C#CC3CCCC3)cc2nc2n1CCC1(CC2)OCCO1. The molecule has 0 atom stereocenters. The Kier molecular flexibility index (Phi) is 4.26. The van der Waals surface area contributed by atoms with Crippen LogP contribution in [0.15, 0.2) is 23.0 Å². The quantitative estimate of drug-likeness (QED) is 0.675. The molecule has 1 spiro atoms. The fourth-order valence-electron chi connectivity index (χ4n) is 4.52. The van der Waals surface area contributed by atoms with Crippen LogP contribution in [-0.2, 0) is 22.4 Å². The van der Waals surface area contributed by atoms with Crippen molar-refractivity contribution in [3.05, 3.63) is 39.9 Å². The molecule has 2 fully saturated rings. The largest absolute Gasteiger partial charge is 0.347 e. The Bertz CT molecular complexity index is 986. The lowest BCUT2D eigenvalue weighted by Gasteiger charge is -2.24. The second-order valence-corrected chi connectivity index (χ2v) is 7.83. The van der Waals surface area contributed by atoms with Gasteiger partial charge in [0.25, 0.3) is 5.56 Å². The first-order valence-electron chi connectivity index (χ1n) is 10.1. The summed E-state index contributed by atoms with van der Waals surface area (Å²) in [6.45, 7) is 1.84. The molecule has 5 heteroatoms. The zero-order valence-electron chi connectivity index (χ0n) is 15.5. The summed E-state index contributed by atoms with van der Waals surface area (Å²) in [5, 5.41) is 0.661. The molecule has 1 saturated heterocycles. The van der Waals surface area contributed by atoms with Gasteiger partial charge in [0.15, 0.2) is 5.79 Å². The van der Waals surface area contributed by atoms with Crippen molar-refractivity contribution < 1.29 is 9.47 Å². The summed E-state index contributed by atoms with van der Waals surface area (Å²) in [6, 6.07) is 5.78. The van der Waals surface area contributed by atoms with Crippen molar-refractivity contribution in [1.29, 1.82) is 0 Å². The number of aromatic nitrogens is 2. The van der Waals surface area contributed by atoms with E-state index in [9.17, 15) is 4.79 Å². The molecule has 1 aromatic heterocycles. The second-order valence-electron chi connectivity index (χ2n) is 7.83. The van der Waals surface area contributed by atoms with Gasteiger partial charge in [-0.25, -0.2) is 4.98 Å². The Morgan fingerprint density at radius 1 is 1.15 bits per heavy atom. The van der Waals surface area contributed by atoms with Crippen LogP contribution in [0.25, 0.3) is 10.9 Å². The summed E-state index contributed by atoms with van der Waals surface area (Å²) in [5.41, 5.74) is 1.72. The molecular formula is C22H24N2O3. The summed E-state index contributed by atoms with van der Waals surface area (Å²) < 4.78 is 13.5. The minimum Gasteiger partial charge on any atom is -0.347 e. The van der Waals surface area contributed by atoms with E-state index in [-0.39, 0.29) is 5.56 Å². The second kappa shape index (κ2) is 6.78. The summed E-state index contributed by atoms with van der Waals surface area (Å²) in [4.78, 5) is 17.8. The smallest absolute Gasteiger partial charge is 0.261 e. The van der Waals surface area contributed by atoms with Gasteiger partial charge >= 0.3 is 0 Å². The van der Waals surface area contributed by atoms with E-state index < -0.39 is 5.79 Å². The van der Waals surface area contributed by atoms with Gasteiger partial charge in [-0.2, -0.15) is 0 Å². The fourth-order valence-corrected chi connectivity index (χ4v) is 4.52.